The molecule has 3 aliphatic rings. The predicted molar refractivity (Wildman–Crippen MR) is 91.5 cm³/mol. The molecule has 1 N–H and O–H groups in total. The van der Waals surface area contributed by atoms with Crippen LogP contribution in [0.5, 0.6) is 5.75 Å². The second-order valence-electron chi connectivity index (χ2n) is 7.17. The molecule has 4 heterocycles. The number of carbonyl (C=O) groups excluding carboxylic acids is 1. The number of benzene rings is 1. The molecule has 0 aliphatic carbocycles. The normalized spacial score (nSPS) is 22.2. The molecular formula is C17H19N5O2. The molecule has 24 heavy (non-hydrogen) atoms. The molecule has 0 saturated carbocycles. The Morgan fingerprint density at radius 2 is 2.17 bits per heavy atom. The summed E-state index contributed by atoms with van der Waals surface area (Å²) in [6, 6.07) is 6.33. The fourth-order valence-corrected chi connectivity index (χ4v) is 4.15. The van der Waals surface area contributed by atoms with Gasteiger partial charge < -0.3 is 19.1 Å². The quantitative estimate of drug-likeness (QED) is 0.848. The highest BCUT2D eigenvalue weighted by Crippen LogP contribution is 2.39. The van der Waals surface area contributed by atoms with Crippen LogP contribution in [0.25, 0.3) is 10.9 Å². The van der Waals surface area contributed by atoms with Gasteiger partial charge in [0.05, 0.1) is 16.7 Å². The van der Waals surface area contributed by atoms with Gasteiger partial charge in [-0.1, -0.05) is 0 Å². The number of aromatic nitrogens is 1. The zero-order valence-electron chi connectivity index (χ0n) is 13.7. The van der Waals surface area contributed by atoms with Crippen molar-refractivity contribution in [1.82, 2.24) is 14.9 Å². The lowest BCUT2D eigenvalue weighted by Gasteiger charge is -2.47. The third kappa shape index (κ3) is 1.81. The summed E-state index contributed by atoms with van der Waals surface area (Å²) in [4.78, 5) is 16.0. The van der Waals surface area contributed by atoms with Crippen LogP contribution in [0.1, 0.15) is 6.92 Å². The highest BCUT2D eigenvalue weighted by molar-refractivity contribution is 6.09. The van der Waals surface area contributed by atoms with Crippen LogP contribution in [-0.4, -0.2) is 54.5 Å². The maximum Gasteiger partial charge on any atom is 0.260 e. The molecule has 5 rings (SSSR count). The number of likely N-dealkylation sites (N-methyl/N-ethyl adjacent to an activating group) is 1. The standard InChI is InChI=1S/C17H19N5O2/c1-17(9-20(2)10-17)22-4-3-11-5-14-13(6-12(11)22)21-7-16(23)19-18-15(21)8-24-14/h3-6H,7-10H2,1-2H3,(H,19,23). The van der Waals surface area contributed by atoms with Crippen molar-refractivity contribution in [3.8, 4) is 5.75 Å². The van der Waals surface area contributed by atoms with E-state index in [1.54, 1.807) is 0 Å². The first-order valence-electron chi connectivity index (χ1n) is 8.13. The van der Waals surface area contributed by atoms with Gasteiger partial charge >= 0.3 is 0 Å². The molecule has 0 unspecified atom stereocenters. The molecule has 0 radical (unpaired) electrons. The topological polar surface area (TPSA) is 62.1 Å². The van der Waals surface area contributed by atoms with Crippen molar-refractivity contribution in [1.29, 1.82) is 0 Å². The van der Waals surface area contributed by atoms with Gasteiger partial charge in [-0.15, -0.1) is 0 Å². The largest absolute Gasteiger partial charge is 0.483 e. The fourth-order valence-electron chi connectivity index (χ4n) is 4.15. The van der Waals surface area contributed by atoms with Gasteiger partial charge in [0.15, 0.2) is 5.84 Å². The minimum atomic E-state index is -0.102. The van der Waals surface area contributed by atoms with Crippen LogP contribution < -0.4 is 15.1 Å². The Labute approximate surface area is 139 Å². The van der Waals surface area contributed by atoms with Crippen molar-refractivity contribution in [2.45, 2.75) is 12.5 Å². The maximum atomic E-state index is 11.7. The monoisotopic (exact) mass is 325 g/mol. The number of amides is 1. The smallest absolute Gasteiger partial charge is 0.260 e. The minimum absolute atomic E-state index is 0.102. The molecule has 0 spiro atoms. The Kier molecular flexibility index (Phi) is 2.60. The lowest BCUT2D eigenvalue weighted by Crippen LogP contribution is -2.58. The number of hydrogen-bond acceptors (Lipinski definition) is 5. The van der Waals surface area contributed by atoms with Gasteiger partial charge in [0.1, 0.15) is 18.9 Å². The number of amidine groups is 1. The first-order chi connectivity index (χ1) is 11.5. The van der Waals surface area contributed by atoms with Gasteiger partial charge in [-0.3, -0.25) is 4.79 Å². The number of rotatable bonds is 1. The lowest BCUT2D eigenvalue weighted by molar-refractivity contribution is -0.119. The Bertz CT molecular complexity index is 894. The van der Waals surface area contributed by atoms with E-state index in [2.05, 4.69) is 58.4 Å². The number of nitrogens with one attached hydrogen (secondary N) is 1. The number of ether oxygens (including phenoxy) is 1. The van der Waals surface area contributed by atoms with Crippen molar-refractivity contribution >= 4 is 28.3 Å². The van der Waals surface area contributed by atoms with Crippen LogP contribution in [0.2, 0.25) is 0 Å². The van der Waals surface area contributed by atoms with E-state index in [1.165, 1.54) is 5.52 Å². The zero-order chi connectivity index (χ0) is 16.5. The SMILES string of the molecule is CN1CC(C)(n2ccc3cc4c(cc32)N2CC(=O)NN=C2CO4)C1. The zero-order valence-corrected chi connectivity index (χ0v) is 13.7. The lowest BCUT2D eigenvalue weighted by atomic mass is 9.92. The number of anilines is 1. The Balaban J connectivity index is 1.65. The second kappa shape index (κ2) is 4.51. The predicted octanol–water partition coefficient (Wildman–Crippen LogP) is 0.944. The Morgan fingerprint density at radius 3 is 2.96 bits per heavy atom. The maximum absolute atomic E-state index is 11.7. The summed E-state index contributed by atoms with van der Waals surface area (Å²) in [5.41, 5.74) is 4.71. The Hall–Kier alpha value is -2.54. The first kappa shape index (κ1) is 13.9. The number of likely N-dealkylation sites (tertiary alicyclic amines) is 1. The van der Waals surface area contributed by atoms with E-state index < -0.39 is 0 Å². The van der Waals surface area contributed by atoms with E-state index in [-0.39, 0.29) is 18.0 Å². The van der Waals surface area contributed by atoms with Crippen LogP contribution >= 0.6 is 0 Å². The summed E-state index contributed by atoms with van der Waals surface area (Å²) in [7, 11) is 2.14. The number of nitrogens with zero attached hydrogens (tertiary/aromatic N) is 4. The van der Waals surface area contributed by atoms with E-state index in [0.29, 0.717) is 6.61 Å². The van der Waals surface area contributed by atoms with Crippen molar-refractivity contribution in [2.24, 2.45) is 5.10 Å². The van der Waals surface area contributed by atoms with Crippen molar-refractivity contribution in [2.75, 3.05) is 38.2 Å². The van der Waals surface area contributed by atoms with Crippen LogP contribution in [0, 0.1) is 0 Å². The van der Waals surface area contributed by atoms with Gasteiger partial charge in [-0.2, -0.15) is 5.10 Å². The molecule has 1 aromatic heterocycles. The van der Waals surface area contributed by atoms with Crippen molar-refractivity contribution in [3.05, 3.63) is 24.4 Å². The molecule has 0 atom stereocenters. The number of hydrogen-bond donors (Lipinski definition) is 1. The van der Waals surface area contributed by atoms with Crippen LogP contribution in [0.15, 0.2) is 29.5 Å². The number of carbonyl (C=O) groups is 1. The average Bonchev–Trinajstić information content (AvgIpc) is 2.94. The van der Waals surface area contributed by atoms with Gasteiger partial charge in [-0.05, 0) is 32.2 Å². The summed E-state index contributed by atoms with van der Waals surface area (Å²) in [5.74, 6) is 1.45. The average molecular weight is 325 g/mol. The molecule has 1 saturated heterocycles. The molecule has 1 amide bonds. The fraction of sp³-hybridized carbons (Fsp3) is 0.412. The summed E-state index contributed by atoms with van der Waals surface area (Å²) in [5, 5.41) is 5.27. The number of fused-ring (bicyclic) bond motifs is 4. The van der Waals surface area contributed by atoms with Gasteiger partial charge in [0.25, 0.3) is 5.91 Å². The van der Waals surface area contributed by atoms with E-state index in [4.69, 9.17) is 4.74 Å². The van der Waals surface area contributed by atoms with Crippen molar-refractivity contribution < 1.29 is 9.53 Å². The highest BCUT2D eigenvalue weighted by atomic mass is 16.5. The van der Waals surface area contributed by atoms with Gasteiger partial charge in [0, 0.05) is 24.7 Å². The van der Waals surface area contributed by atoms with E-state index >= 15 is 0 Å². The Morgan fingerprint density at radius 1 is 1.33 bits per heavy atom. The molecule has 3 aliphatic heterocycles. The van der Waals surface area contributed by atoms with Crippen LogP contribution in [0.3, 0.4) is 0 Å². The summed E-state index contributed by atoms with van der Waals surface area (Å²) in [6.45, 7) is 5.00. The van der Waals surface area contributed by atoms with E-state index in [0.717, 1.165) is 35.7 Å². The van der Waals surface area contributed by atoms with Crippen molar-refractivity contribution in [3.63, 3.8) is 0 Å². The molecule has 124 valence electrons. The molecular weight excluding hydrogens is 306 g/mol. The van der Waals surface area contributed by atoms with Gasteiger partial charge in [0.2, 0.25) is 0 Å². The summed E-state index contributed by atoms with van der Waals surface area (Å²) in [6.07, 6.45) is 2.15. The molecule has 7 heteroatoms. The summed E-state index contributed by atoms with van der Waals surface area (Å²) >= 11 is 0. The molecule has 1 fully saturated rings. The third-order valence-electron chi connectivity index (χ3n) is 5.14. The third-order valence-corrected chi connectivity index (χ3v) is 5.14. The van der Waals surface area contributed by atoms with Gasteiger partial charge in [-0.25, -0.2) is 5.43 Å². The molecule has 2 aromatic rings. The second-order valence-corrected chi connectivity index (χ2v) is 7.17. The molecule has 0 bridgehead atoms. The number of hydrazone groups is 1. The minimum Gasteiger partial charge on any atom is -0.483 e. The van der Waals surface area contributed by atoms with Crippen LogP contribution in [-0.2, 0) is 10.3 Å². The molecule has 7 nitrogen and oxygen atoms in total. The molecule has 1 aromatic carbocycles. The first-order valence-corrected chi connectivity index (χ1v) is 8.13. The van der Waals surface area contributed by atoms with E-state index in [1.807, 2.05) is 4.90 Å². The highest BCUT2D eigenvalue weighted by Gasteiger charge is 2.39. The summed E-state index contributed by atoms with van der Waals surface area (Å²) < 4.78 is 8.19. The van der Waals surface area contributed by atoms with Crippen LogP contribution in [0.4, 0.5) is 5.69 Å². The van der Waals surface area contributed by atoms with E-state index in [9.17, 15) is 4.79 Å².